The van der Waals surface area contributed by atoms with Gasteiger partial charge in [-0.15, -0.1) is 0 Å². The standard InChI is InChI=1S/C18H20ClNO2/c1-13-5-8-15(9-6-13)17(21)12-20-18(22)10-7-14-3-2-4-16(19)11-14/h2-6,8-9,11,17,21H,7,10,12H2,1H3,(H,20,22). The molecule has 0 aliphatic heterocycles. The van der Waals surface area contributed by atoms with Gasteiger partial charge in [-0.05, 0) is 36.6 Å². The van der Waals surface area contributed by atoms with E-state index in [0.717, 1.165) is 16.7 Å². The van der Waals surface area contributed by atoms with Crippen LogP contribution in [0.4, 0.5) is 0 Å². The van der Waals surface area contributed by atoms with E-state index in [4.69, 9.17) is 11.6 Å². The number of hydrogen-bond donors (Lipinski definition) is 2. The number of benzene rings is 2. The Morgan fingerprint density at radius 3 is 2.64 bits per heavy atom. The third-order valence-electron chi connectivity index (χ3n) is 3.48. The third-order valence-corrected chi connectivity index (χ3v) is 3.72. The van der Waals surface area contributed by atoms with Gasteiger partial charge in [0.05, 0.1) is 6.10 Å². The smallest absolute Gasteiger partial charge is 0.220 e. The minimum atomic E-state index is -0.685. The van der Waals surface area contributed by atoms with Crippen LogP contribution in [0.1, 0.15) is 29.2 Å². The van der Waals surface area contributed by atoms with Gasteiger partial charge in [0.25, 0.3) is 0 Å². The van der Waals surface area contributed by atoms with Gasteiger partial charge in [0.2, 0.25) is 5.91 Å². The molecule has 0 aliphatic carbocycles. The molecule has 2 aromatic rings. The Morgan fingerprint density at radius 2 is 1.95 bits per heavy atom. The average Bonchev–Trinajstić information content (AvgIpc) is 2.51. The number of aliphatic hydroxyl groups is 1. The molecule has 2 aromatic carbocycles. The molecule has 0 saturated heterocycles. The van der Waals surface area contributed by atoms with Gasteiger partial charge < -0.3 is 10.4 Å². The lowest BCUT2D eigenvalue weighted by Crippen LogP contribution is -2.28. The molecule has 0 spiro atoms. The summed E-state index contributed by atoms with van der Waals surface area (Å²) < 4.78 is 0. The molecule has 116 valence electrons. The van der Waals surface area contributed by atoms with Gasteiger partial charge in [0, 0.05) is 18.0 Å². The SMILES string of the molecule is Cc1ccc(C(O)CNC(=O)CCc2cccc(Cl)c2)cc1. The predicted octanol–water partition coefficient (Wildman–Crippen LogP) is 3.43. The molecular weight excluding hydrogens is 298 g/mol. The Balaban J connectivity index is 1.76. The average molecular weight is 318 g/mol. The van der Waals surface area contributed by atoms with Crippen molar-refractivity contribution in [3.63, 3.8) is 0 Å². The normalized spacial score (nSPS) is 12.0. The zero-order chi connectivity index (χ0) is 15.9. The number of hydrogen-bond acceptors (Lipinski definition) is 2. The number of nitrogens with one attached hydrogen (secondary N) is 1. The number of carbonyl (C=O) groups is 1. The van der Waals surface area contributed by atoms with E-state index in [9.17, 15) is 9.90 Å². The summed E-state index contributed by atoms with van der Waals surface area (Å²) in [5.41, 5.74) is 2.98. The van der Waals surface area contributed by atoms with Gasteiger partial charge >= 0.3 is 0 Å². The Bertz CT molecular complexity index is 625. The lowest BCUT2D eigenvalue weighted by atomic mass is 10.1. The van der Waals surface area contributed by atoms with E-state index in [-0.39, 0.29) is 12.5 Å². The highest BCUT2D eigenvalue weighted by molar-refractivity contribution is 6.30. The summed E-state index contributed by atoms with van der Waals surface area (Å²) in [4.78, 5) is 11.8. The number of carbonyl (C=O) groups excluding carboxylic acids is 1. The molecule has 0 radical (unpaired) electrons. The zero-order valence-electron chi connectivity index (χ0n) is 12.6. The van der Waals surface area contributed by atoms with Crippen LogP contribution in [0.3, 0.4) is 0 Å². The topological polar surface area (TPSA) is 49.3 Å². The van der Waals surface area contributed by atoms with Crippen LogP contribution in [0.25, 0.3) is 0 Å². The first-order chi connectivity index (χ1) is 10.5. The van der Waals surface area contributed by atoms with Gasteiger partial charge in [-0.2, -0.15) is 0 Å². The third kappa shape index (κ3) is 5.17. The Morgan fingerprint density at radius 1 is 1.23 bits per heavy atom. The van der Waals surface area contributed by atoms with Crippen molar-refractivity contribution >= 4 is 17.5 Å². The van der Waals surface area contributed by atoms with E-state index in [2.05, 4.69) is 5.32 Å². The fourth-order valence-electron chi connectivity index (χ4n) is 2.16. The second-order valence-electron chi connectivity index (χ2n) is 5.36. The monoisotopic (exact) mass is 317 g/mol. The van der Waals surface area contributed by atoms with Crippen LogP contribution in [-0.2, 0) is 11.2 Å². The molecule has 1 unspecified atom stereocenters. The molecule has 0 aromatic heterocycles. The molecule has 4 heteroatoms. The fraction of sp³-hybridized carbons (Fsp3) is 0.278. The van der Waals surface area contributed by atoms with Crippen molar-refractivity contribution in [2.45, 2.75) is 25.9 Å². The van der Waals surface area contributed by atoms with Crippen LogP contribution in [-0.4, -0.2) is 17.6 Å². The molecule has 2 N–H and O–H groups in total. The second-order valence-corrected chi connectivity index (χ2v) is 5.80. The summed E-state index contributed by atoms with van der Waals surface area (Å²) in [5, 5.41) is 13.5. The quantitative estimate of drug-likeness (QED) is 0.857. The van der Waals surface area contributed by atoms with Crippen molar-refractivity contribution in [3.8, 4) is 0 Å². The van der Waals surface area contributed by atoms with E-state index >= 15 is 0 Å². The van der Waals surface area contributed by atoms with Gasteiger partial charge in [0.1, 0.15) is 0 Å². The van der Waals surface area contributed by atoms with E-state index in [1.54, 1.807) is 0 Å². The fourth-order valence-corrected chi connectivity index (χ4v) is 2.37. The van der Waals surface area contributed by atoms with Crippen LogP contribution >= 0.6 is 11.6 Å². The summed E-state index contributed by atoms with van der Waals surface area (Å²) in [7, 11) is 0. The largest absolute Gasteiger partial charge is 0.387 e. The number of rotatable bonds is 6. The van der Waals surface area contributed by atoms with Crippen LogP contribution < -0.4 is 5.32 Å². The van der Waals surface area contributed by atoms with Crippen LogP contribution in [0.5, 0.6) is 0 Å². The van der Waals surface area contributed by atoms with Crippen molar-refractivity contribution in [1.82, 2.24) is 5.32 Å². The molecule has 0 aliphatic rings. The maximum atomic E-state index is 11.8. The Labute approximate surface area is 135 Å². The van der Waals surface area contributed by atoms with Gasteiger partial charge in [-0.25, -0.2) is 0 Å². The van der Waals surface area contributed by atoms with Crippen LogP contribution in [0.15, 0.2) is 48.5 Å². The summed E-state index contributed by atoms with van der Waals surface area (Å²) >= 11 is 5.91. The van der Waals surface area contributed by atoms with E-state index in [1.807, 2.05) is 55.5 Å². The van der Waals surface area contributed by atoms with Crippen LogP contribution in [0, 0.1) is 6.92 Å². The number of amides is 1. The molecule has 1 atom stereocenters. The summed E-state index contributed by atoms with van der Waals surface area (Å²) in [6.07, 6.45) is 0.323. The molecule has 0 bridgehead atoms. The van der Waals surface area contributed by atoms with Crippen LogP contribution in [0.2, 0.25) is 5.02 Å². The first kappa shape index (κ1) is 16.5. The molecule has 1 amide bonds. The number of halogens is 1. The molecule has 0 fully saturated rings. The van der Waals surface area contributed by atoms with Crippen molar-refractivity contribution in [1.29, 1.82) is 0 Å². The molecule has 3 nitrogen and oxygen atoms in total. The van der Waals surface area contributed by atoms with E-state index in [0.29, 0.717) is 17.9 Å². The molecule has 2 rings (SSSR count). The molecule has 0 heterocycles. The lowest BCUT2D eigenvalue weighted by Gasteiger charge is -2.12. The molecule has 22 heavy (non-hydrogen) atoms. The van der Waals surface area contributed by atoms with Crippen molar-refractivity contribution in [3.05, 3.63) is 70.2 Å². The van der Waals surface area contributed by atoms with E-state index in [1.165, 1.54) is 0 Å². The first-order valence-corrected chi connectivity index (χ1v) is 7.68. The van der Waals surface area contributed by atoms with Gasteiger partial charge in [-0.3, -0.25) is 4.79 Å². The van der Waals surface area contributed by atoms with Crippen molar-refractivity contribution in [2.24, 2.45) is 0 Å². The number of aliphatic hydroxyl groups excluding tert-OH is 1. The lowest BCUT2D eigenvalue weighted by molar-refractivity contribution is -0.121. The summed E-state index contributed by atoms with van der Waals surface area (Å²) in [5.74, 6) is -0.0777. The minimum Gasteiger partial charge on any atom is -0.387 e. The maximum Gasteiger partial charge on any atom is 0.220 e. The van der Waals surface area contributed by atoms with Crippen molar-refractivity contribution in [2.75, 3.05) is 6.54 Å². The van der Waals surface area contributed by atoms with E-state index < -0.39 is 6.10 Å². The minimum absolute atomic E-state index is 0.0777. The Hall–Kier alpha value is -1.84. The van der Waals surface area contributed by atoms with Gasteiger partial charge in [0.15, 0.2) is 0 Å². The highest BCUT2D eigenvalue weighted by atomic mass is 35.5. The highest BCUT2D eigenvalue weighted by Gasteiger charge is 2.09. The Kier molecular flexibility index (Phi) is 5.99. The molecular formula is C18H20ClNO2. The summed E-state index contributed by atoms with van der Waals surface area (Å²) in [6.45, 7) is 2.21. The second kappa shape index (κ2) is 7.97. The van der Waals surface area contributed by atoms with Gasteiger partial charge in [-0.1, -0.05) is 53.6 Å². The predicted molar refractivity (Wildman–Crippen MR) is 88.9 cm³/mol. The maximum absolute atomic E-state index is 11.8. The molecule has 0 saturated carbocycles. The first-order valence-electron chi connectivity index (χ1n) is 7.30. The summed E-state index contributed by atoms with van der Waals surface area (Å²) in [6, 6.07) is 15.1. The van der Waals surface area contributed by atoms with Crippen molar-refractivity contribution < 1.29 is 9.90 Å². The zero-order valence-corrected chi connectivity index (χ0v) is 13.3. The highest BCUT2D eigenvalue weighted by Crippen LogP contribution is 2.14. The number of aryl methyl sites for hydroxylation is 2.